The molecule has 3 N–H and O–H groups in total. The van der Waals surface area contributed by atoms with Gasteiger partial charge in [-0.15, -0.1) is 0 Å². The van der Waals surface area contributed by atoms with Crippen molar-refractivity contribution in [2.24, 2.45) is 0 Å². The fourth-order valence-electron chi connectivity index (χ4n) is 1.85. The van der Waals surface area contributed by atoms with Gasteiger partial charge in [0.15, 0.2) is 0 Å². The molecule has 1 atom stereocenters. The minimum absolute atomic E-state index is 0.0582. The zero-order chi connectivity index (χ0) is 12.8. The van der Waals surface area contributed by atoms with Crippen molar-refractivity contribution in [3.8, 4) is 5.75 Å². The number of para-hydroxylation sites is 2. The number of nitrogens with two attached hydrogens (primary N) is 1. The highest BCUT2D eigenvalue weighted by Gasteiger charge is 2.22. The predicted molar refractivity (Wildman–Crippen MR) is 68.3 cm³/mol. The van der Waals surface area contributed by atoms with E-state index in [-0.39, 0.29) is 12.0 Å². The van der Waals surface area contributed by atoms with Gasteiger partial charge in [-0.3, -0.25) is 4.79 Å². The number of nitrogen functional groups attached to an aromatic ring is 1. The summed E-state index contributed by atoms with van der Waals surface area (Å²) in [7, 11) is 0. The van der Waals surface area contributed by atoms with Crippen molar-refractivity contribution in [3.05, 3.63) is 24.3 Å². The molecule has 1 saturated heterocycles. The molecule has 0 bridgehead atoms. The average Bonchev–Trinajstić information content (AvgIpc) is 2.90. The van der Waals surface area contributed by atoms with Crippen LogP contribution >= 0.6 is 0 Å². The maximum atomic E-state index is 11.6. The third-order valence-electron chi connectivity index (χ3n) is 2.80. The molecule has 18 heavy (non-hydrogen) atoms. The molecule has 0 radical (unpaired) electrons. The molecule has 98 valence electrons. The first-order chi connectivity index (χ1) is 8.77. The molecule has 1 aromatic carbocycles. The molecular formula is C13H18N2O3. The van der Waals surface area contributed by atoms with Crippen molar-refractivity contribution in [2.45, 2.75) is 18.9 Å². The first kappa shape index (κ1) is 12.7. The number of hydrogen-bond acceptors (Lipinski definition) is 4. The summed E-state index contributed by atoms with van der Waals surface area (Å²) >= 11 is 0. The van der Waals surface area contributed by atoms with E-state index in [1.165, 1.54) is 0 Å². The predicted octanol–water partition coefficient (Wildman–Crippen LogP) is 0.943. The fraction of sp³-hybridized carbons (Fsp3) is 0.462. The summed E-state index contributed by atoms with van der Waals surface area (Å²) in [5.41, 5.74) is 6.33. The number of ether oxygens (including phenoxy) is 2. The second kappa shape index (κ2) is 6.26. The SMILES string of the molecule is Nc1ccccc1OCCNC(=O)C1CCCO1. The Balaban J connectivity index is 1.67. The second-order valence-electron chi connectivity index (χ2n) is 4.18. The minimum Gasteiger partial charge on any atom is -0.490 e. The van der Waals surface area contributed by atoms with Gasteiger partial charge >= 0.3 is 0 Å². The number of benzene rings is 1. The molecule has 0 aliphatic carbocycles. The largest absolute Gasteiger partial charge is 0.490 e. The van der Waals surface area contributed by atoms with Crippen molar-refractivity contribution in [3.63, 3.8) is 0 Å². The molecule has 1 unspecified atom stereocenters. The molecule has 0 saturated carbocycles. The van der Waals surface area contributed by atoms with Crippen LogP contribution in [-0.2, 0) is 9.53 Å². The molecule has 1 aliphatic rings. The van der Waals surface area contributed by atoms with E-state index < -0.39 is 0 Å². The molecule has 1 aromatic rings. The van der Waals surface area contributed by atoms with Crippen molar-refractivity contribution >= 4 is 11.6 Å². The number of anilines is 1. The monoisotopic (exact) mass is 250 g/mol. The highest BCUT2D eigenvalue weighted by molar-refractivity contribution is 5.80. The molecule has 1 heterocycles. The van der Waals surface area contributed by atoms with Crippen molar-refractivity contribution in [2.75, 3.05) is 25.5 Å². The van der Waals surface area contributed by atoms with Crippen LogP contribution in [0.3, 0.4) is 0 Å². The van der Waals surface area contributed by atoms with E-state index in [0.717, 1.165) is 12.8 Å². The van der Waals surface area contributed by atoms with E-state index in [0.29, 0.717) is 31.2 Å². The van der Waals surface area contributed by atoms with E-state index in [4.69, 9.17) is 15.2 Å². The summed E-state index contributed by atoms with van der Waals surface area (Å²) in [5.74, 6) is 0.584. The Labute approximate surface area is 106 Å². The van der Waals surface area contributed by atoms with Gasteiger partial charge in [-0.05, 0) is 25.0 Å². The smallest absolute Gasteiger partial charge is 0.249 e. The van der Waals surface area contributed by atoms with Gasteiger partial charge in [0.25, 0.3) is 0 Å². The van der Waals surface area contributed by atoms with E-state index >= 15 is 0 Å². The number of nitrogens with one attached hydrogen (secondary N) is 1. The lowest BCUT2D eigenvalue weighted by atomic mass is 10.2. The third kappa shape index (κ3) is 3.37. The Bertz CT molecular complexity index is 403. The Morgan fingerprint density at radius 2 is 2.33 bits per heavy atom. The number of carbonyl (C=O) groups is 1. The second-order valence-corrected chi connectivity index (χ2v) is 4.18. The van der Waals surface area contributed by atoms with Gasteiger partial charge in [0.05, 0.1) is 12.2 Å². The van der Waals surface area contributed by atoms with Crippen LogP contribution in [0.15, 0.2) is 24.3 Å². The number of carbonyl (C=O) groups excluding carboxylic acids is 1. The van der Waals surface area contributed by atoms with Gasteiger partial charge in [-0.1, -0.05) is 12.1 Å². The Morgan fingerprint density at radius 3 is 3.06 bits per heavy atom. The van der Waals surface area contributed by atoms with Crippen LogP contribution in [-0.4, -0.2) is 31.8 Å². The van der Waals surface area contributed by atoms with E-state index in [2.05, 4.69) is 5.32 Å². The van der Waals surface area contributed by atoms with Crippen LogP contribution in [0.4, 0.5) is 5.69 Å². The summed E-state index contributed by atoms with van der Waals surface area (Å²) in [6.07, 6.45) is 1.47. The molecule has 1 fully saturated rings. The molecule has 1 aliphatic heterocycles. The maximum absolute atomic E-state index is 11.6. The molecule has 0 aromatic heterocycles. The lowest BCUT2D eigenvalue weighted by Crippen LogP contribution is -2.36. The third-order valence-corrected chi connectivity index (χ3v) is 2.80. The van der Waals surface area contributed by atoms with Crippen molar-refractivity contribution in [1.82, 2.24) is 5.32 Å². The number of hydrogen-bond donors (Lipinski definition) is 2. The van der Waals surface area contributed by atoms with Gasteiger partial charge in [-0.25, -0.2) is 0 Å². The van der Waals surface area contributed by atoms with Gasteiger partial charge in [-0.2, -0.15) is 0 Å². The van der Waals surface area contributed by atoms with Crippen LogP contribution in [0, 0.1) is 0 Å². The van der Waals surface area contributed by atoms with Gasteiger partial charge in [0.2, 0.25) is 5.91 Å². The quantitative estimate of drug-likeness (QED) is 0.602. The Morgan fingerprint density at radius 1 is 1.50 bits per heavy atom. The molecular weight excluding hydrogens is 232 g/mol. The maximum Gasteiger partial charge on any atom is 0.249 e. The summed E-state index contributed by atoms with van der Waals surface area (Å²) in [6.45, 7) is 1.52. The topological polar surface area (TPSA) is 73.6 Å². The first-order valence-electron chi connectivity index (χ1n) is 6.14. The first-order valence-corrected chi connectivity index (χ1v) is 6.14. The van der Waals surface area contributed by atoms with Crippen LogP contribution in [0.1, 0.15) is 12.8 Å². The van der Waals surface area contributed by atoms with E-state index in [1.807, 2.05) is 12.1 Å². The van der Waals surface area contributed by atoms with Gasteiger partial charge in [0, 0.05) is 6.61 Å². The van der Waals surface area contributed by atoms with Crippen LogP contribution < -0.4 is 15.8 Å². The van der Waals surface area contributed by atoms with Crippen LogP contribution in [0.25, 0.3) is 0 Å². The Hall–Kier alpha value is -1.75. The van der Waals surface area contributed by atoms with Gasteiger partial charge < -0.3 is 20.5 Å². The van der Waals surface area contributed by atoms with Crippen LogP contribution in [0.2, 0.25) is 0 Å². The van der Waals surface area contributed by atoms with Crippen molar-refractivity contribution < 1.29 is 14.3 Å². The zero-order valence-electron chi connectivity index (χ0n) is 10.2. The summed E-state index contributed by atoms with van der Waals surface area (Å²) in [5, 5.41) is 2.78. The minimum atomic E-state index is -0.285. The highest BCUT2D eigenvalue weighted by atomic mass is 16.5. The summed E-state index contributed by atoms with van der Waals surface area (Å²) in [4.78, 5) is 11.6. The fourth-order valence-corrected chi connectivity index (χ4v) is 1.85. The lowest BCUT2D eigenvalue weighted by molar-refractivity contribution is -0.130. The molecule has 5 heteroatoms. The standard InChI is InChI=1S/C13H18N2O3/c14-10-4-1-2-5-11(10)18-9-7-15-13(16)12-6-3-8-17-12/h1-2,4-5,12H,3,6-9,14H2,(H,15,16). The van der Waals surface area contributed by atoms with Crippen LogP contribution in [0.5, 0.6) is 5.75 Å². The normalized spacial score (nSPS) is 18.6. The molecule has 2 rings (SSSR count). The molecule has 0 spiro atoms. The Kier molecular flexibility index (Phi) is 4.41. The zero-order valence-corrected chi connectivity index (χ0v) is 10.2. The molecule has 1 amide bonds. The molecule has 5 nitrogen and oxygen atoms in total. The number of rotatable bonds is 5. The van der Waals surface area contributed by atoms with E-state index in [1.54, 1.807) is 12.1 Å². The van der Waals surface area contributed by atoms with E-state index in [9.17, 15) is 4.79 Å². The summed E-state index contributed by atoms with van der Waals surface area (Å²) in [6, 6.07) is 7.29. The van der Waals surface area contributed by atoms with Gasteiger partial charge in [0.1, 0.15) is 18.5 Å². The lowest BCUT2D eigenvalue weighted by Gasteiger charge is -2.11. The highest BCUT2D eigenvalue weighted by Crippen LogP contribution is 2.19. The van der Waals surface area contributed by atoms with Crippen molar-refractivity contribution in [1.29, 1.82) is 0 Å². The summed E-state index contributed by atoms with van der Waals surface area (Å²) < 4.78 is 10.7. The number of amides is 1. The average molecular weight is 250 g/mol.